The lowest BCUT2D eigenvalue weighted by Gasteiger charge is -1.94. The first-order chi connectivity index (χ1) is 7.18. The number of nitrogen functional groups attached to an aromatic ring is 1. The second-order valence-electron chi connectivity index (χ2n) is 2.78. The minimum absolute atomic E-state index is 0.175. The Morgan fingerprint density at radius 1 is 1.53 bits per heavy atom. The first kappa shape index (κ1) is 9.20. The number of carboxylic acids is 1. The van der Waals surface area contributed by atoms with Gasteiger partial charge in [-0.05, 0) is 12.1 Å². The van der Waals surface area contributed by atoms with Gasteiger partial charge in [0.15, 0.2) is 0 Å². The molecular weight excluding hydrogens is 198 g/mol. The summed E-state index contributed by atoms with van der Waals surface area (Å²) in [6, 6.07) is 3.18. The highest BCUT2D eigenvalue weighted by atomic mass is 16.4. The highest BCUT2D eigenvalue weighted by Crippen LogP contribution is 2.23. The van der Waals surface area contributed by atoms with Crippen LogP contribution < -0.4 is 5.73 Å². The van der Waals surface area contributed by atoms with Gasteiger partial charge in [0.25, 0.3) is 6.01 Å². The lowest BCUT2D eigenvalue weighted by molar-refractivity contribution is 0.0665. The monoisotopic (exact) mass is 205 g/mol. The van der Waals surface area contributed by atoms with Crippen molar-refractivity contribution in [2.24, 2.45) is 0 Å². The normalized spacial score (nSPS) is 10.1. The highest BCUT2D eigenvalue weighted by Gasteiger charge is 2.19. The van der Waals surface area contributed by atoms with E-state index in [1.54, 1.807) is 18.3 Å². The van der Waals surface area contributed by atoms with Crippen LogP contribution in [-0.4, -0.2) is 21.0 Å². The number of carboxylic acid groups (broad SMARTS) is 1. The lowest BCUT2D eigenvalue weighted by Crippen LogP contribution is -1.96. The maximum Gasteiger partial charge on any atom is 0.374 e. The van der Waals surface area contributed by atoms with Crippen molar-refractivity contribution >= 4 is 12.0 Å². The van der Waals surface area contributed by atoms with Crippen LogP contribution in [0.4, 0.5) is 6.01 Å². The fraction of sp³-hybridized carbons (Fsp3) is 0. The van der Waals surface area contributed by atoms with Crippen molar-refractivity contribution in [3.05, 3.63) is 30.3 Å². The standard InChI is InChI=1S/C9H7N3O3/c10-9-12-6(7(15-9)8(13)14)5-2-1-3-11-4-5/h1-4H,(H2,10,12)(H,13,14). The third-order valence-electron chi connectivity index (χ3n) is 1.77. The molecule has 6 heteroatoms. The Bertz CT molecular complexity index is 493. The van der Waals surface area contributed by atoms with Gasteiger partial charge in [-0.1, -0.05) is 0 Å². The molecule has 76 valence electrons. The predicted molar refractivity (Wildman–Crippen MR) is 51.1 cm³/mol. The molecule has 0 bridgehead atoms. The second kappa shape index (κ2) is 3.41. The molecule has 0 amide bonds. The number of nitrogens with zero attached hydrogens (tertiary/aromatic N) is 2. The van der Waals surface area contributed by atoms with Crippen molar-refractivity contribution in [1.29, 1.82) is 0 Å². The van der Waals surface area contributed by atoms with E-state index in [0.717, 1.165) is 0 Å². The van der Waals surface area contributed by atoms with Gasteiger partial charge < -0.3 is 15.3 Å². The van der Waals surface area contributed by atoms with E-state index in [1.807, 2.05) is 0 Å². The van der Waals surface area contributed by atoms with E-state index in [1.165, 1.54) is 6.20 Å². The number of rotatable bonds is 2. The fourth-order valence-corrected chi connectivity index (χ4v) is 1.18. The van der Waals surface area contributed by atoms with E-state index in [2.05, 4.69) is 9.97 Å². The van der Waals surface area contributed by atoms with Gasteiger partial charge in [-0.2, -0.15) is 4.98 Å². The summed E-state index contributed by atoms with van der Waals surface area (Å²) in [4.78, 5) is 18.4. The van der Waals surface area contributed by atoms with Crippen LogP contribution in [-0.2, 0) is 0 Å². The number of hydrogen-bond acceptors (Lipinski definition) is 5. The largest absolute Gasteiger partial charge is 0.475 e. The molecule has 2 heterocycles. The van der Waals surface area contributed by atoms with Gasteiger partial charge in [-0.25, -0.2) is 4.79 Å². The second-order valence-corrected chi connectivity index (χ2v) is 2.78. The summed E-state index contributed by atoms with van der Waals surface area (Å²) in [5.41, 5.74) is 6.03. The quantitative estimate of drug-likeness (QED) is 0.758. The van der Waals surface area contributed by atoms with Crippen LogP contribution in [0.5, 0.6) is 0 Å². The maximum atomic E-state index is 10.8. The van der Waals surface area contributed by atoms with Gasteiger partial charge in [0.1, 0.15) is 5.69 Å². The summed E-state index contributed by atoms with van der Waals surface area (Å²) in [6.07, 6.45) is 3.07. The SMILES string of the molecule is Nc1nc(-c2cccnc2)c(C(=O)O)o1. The van der Waals surface area contributed by atoms with Gasteiger partial charge in [0.05, 0.1) is 0 Å². The molecule has 0 radical (unpaired) electrons. The summed E-state index contributed by atoms with van der Waals surface area (Å²) in [6.45, 7) is 0. The maximum absolute atomic E-state index is 10.8. The molecule has 0 atom stereocenters. The molecule has 2 rings (SSSR count). The van der Waals surface area contributed by atoms with Crippen LogP contribution >= 0.6 is 0 Å². The summed E-state index contributed by atoms with van der Waals surface area (Å²) < 4.78 is 4.77. The minimum Gasteiger partial charge on any atom is -0.475 e. The number of hydrogen-bond donors (Lipinski definition) is 2. The van der Waals surface area contributed by atoms with E-state index in [-0.39, 0.29) is 17.5 Å². The third kappa shape index (κ3) is 1.64. The van der Waals surface area contributed by atoms with Gasteiger partial charge in [0, 0.05) is 18.0 Å². The van der Waals surface area contributed by atoms with Crippen molar-refractivity contribution in [1.82, 2.24) is 9.97 Å². The van der Waals surface area contributed by atoms with E-state index in [4.69, 9.17) is 15.3 Å². The molecule has 2 aromatic heterocycles. The van der Waals surface area contributed by atoms with Crippen molar-refractivity contribution in [2.45, 2.75) is 0 Å². The van der Waals surface area contributed by atoms with E-state index in [0.29, 0.717) is 5.56 Å². The van der Waals surface area contributed by atoms with Crippen molar-refractivity contribution in [3.8, 4) is 11.3 Å². The summed E-state index contributed by atoms with van der Waals surface area (Å²) in [5, 5.41) is 8.83. The van der Waals surface area contributed by atoms with Crippen LogP contribution in [0.1, 0.15) is 10.6 Å². The Kier molecular flexibility index (Phi) is 2.09. The van der Waals surface area contributed by atoms with E-state index < -0.39 is 5.97 Å². The van der Waals surface area contributed by atoms with Gasteiger partial charge >= 0.3 is 5.97 Å². The summed E-state index contributed by atoms with van der Waals surface area (Å²) >= 11 is 0. The van der Waals surface area contributed by atoms with Crippen LogP contribution in [0, 0.1) is 0 Å². The van der Waals surface area contributed by atoms with Crippen LogP contribution in [0.2, 0.25) is 0 Å². The molecule has 0 aliphatic carbocycles. The van der Waals surface area contributed by atoms with Gasteiger partial charge in [0.2, 0.25) is 5.76 Å². The molecule has 0 saturated heterocycles. The first-order valence-electron chi connectivity index (χ1n) is 4.08. The molecule has 0 aliphatic rings. The number of oxazole rings is 1. The summed E-state index contributed by atoms with van der Waals surface area (Å²) in [5.74, 6) is -1.49. The number of nitrogens with two attached hydrogens (primary N) is 1. The third-order valence-corrected chi connectivity index (χ3v) is 1.77. The molecule has 2 aromatic rings. The molecular formula is C9H7N3O3. The average molecular weight is 205 g/mol. The molecule has 6 nitrogen and oxygen atoms in total. The molecule has 0 aromatic carbocycles. The van der Waals surface area contributed by atoms with Crippen LogP contribution in [0.15, 0.2) is 28.9 Å². The Labute approximate surface area is 84.4 Å². The Balaban J connectivity index is 2.58. The minimum atomic E-state index is -1.21. The number of anilines is 1. The smallest absolute Gasteiger partial charge is 0.374 e. The molecule has 0 unspecified atom stereocenters. The van der Waals surface area contributed by atoms with Crippen molar-refractivity contribution < 1.29 is 14.3 Å². The number of aromatic carboxylic acids is 1. The lowest BCUT2D eigenvalue weighted by atomic mass is 10.2. The van der Waals surface area contributed by atoms with Gasteiger partial charge in [-0.3, -0.25) is 4.98 Å². The van der Waals surface area contributed by atoms with Gasteiger partial charge in [-0.15, -0.1) is 0 Å². The molecule has 0 fully saturated rings. The Morgan fingerprint density at radius 3 is 2.93 bits per heavy atom. The first-order valence-corrected chi connectivity index (χ1v) is 4.08. The fourth-order valence-electron chi connectivity index (χ4n) is 1.18. The van der Waals surface area contributed by atoms with Crippen LogP contribution in [0.25, 0.3) is 11.3 Å². The Morgan fingerprint density at radius 2 is 2.33 bits per heavy atom. The zero-order valence-electron chi connectivity index (χ0n) is 7.54. The predicted octanol–water partition coefficient (Wildman–Crippen LogP) is 1.02. The number of pyridine rings is 1. The molecule has 15 heavy (non-hydrogen) atoms. The highest BCUT2D eigenvalue weighted by molar-refractivity contribution is 5.92. The van der Waals surface area contributed by atoms with Crippen molar-refractivity contribution in [2.75, 3.05) is 5.73 Å². The summed E-state index contributed by atoms with van der Waals surface area (Å²) in [7, 11) is 0. The molecule has 0 saturated carbocycles. The molecule has 0 spiro atoms. The van der Waals surface area contributed by atoms with E-state index in [9.17, 15) is 4.79 Å². The molecule has 3 N–H and O–H groups in total. The topological polar surface area (TPSA) is 102 Å². The number of carbonyl (C=O) groups is 1. The molecule has 0 aliphatic heterocycles. The zero-order valence-corrected chi connectivity index (χ0v) is 7.54. The zero-order chi connectivity index (χ0) is 10.8. The number of aromatic nitrogens is 2. The van der Waals surface area contributed by atoms with Crippen molar-refractivity contribution in [3.63, 3.8) is 0 Å². The average Bonchev–Trinajstić information content (AvgIpc) is 2.62. The van der Waals surface area contributed by atoms with E-state index >= 15 is 0 Å². The van der Waals surface area contributed by atoms with Crippen LogP contribution in [0.3, 0.4) is 0 Å². The Hall–Kier alpha value is -2.37.